The summed E-state index contributed by atoms with van der Waals surface area (Å²) in [5.41, 5.74) is 5.02. The van der Waals surface area contributed by atoms with Crippen molar-refractivity contribution in [1.29, 1.82) is 0 Å². The van der Waals surface area contributed by atoms with Gasteiger partial charge in [-0.25, -0.2) is 0 Å². The van der Waals surface area contributed by atoms with Crippen molar-refractivity contribution < 1.29 is 23.4 Å². The molecule has 2 aromatic rings. The summed E-state index contributed by atoms with van der Waals surface area (Å²) in [6, 6.07) is 3.59. The minimum Gasteiger partial charge on any atom is -0.388 e. The van der Waals surface area contributed by atoms with E-state index in [0.29, 0.717) is 35.2 Å². The van der Waals surface area contributed by atoms with E-state index < -0.39 is 23.9 Å². The molecule has 3 aliphatic rings. The first kappa shape index (κ1) is 21.7. The molecule has 170 valence electrons. The number of aliphatic hydroxyl groups is 2. The highest BCUT2D eigenvalue weighted by Gasteiger charge is 2.42. The normalized spacial score (nSPS) is 26.2. The minimum atomic E-state index is -4.45. The molecule has 1 aromatic heterocycles. The molecule has 5 rings (SSSR count). The van der Waals surface area contributed by atoms with Crippen molar-refractivity contribution in [2.75, 3.05) is 0 Å². The summed E-state index contributed by atoms with van der Waals surface area (Å²) in [6.07, 6.45) is 0.0805. The van der Waals surface area contributed by atoms with Gasteiger partial charge in [0.15, 0.2) is 0 Å². The molecule has 0 fully saturated rings. The fourth-order valence-electron chi connectivity index (χ4n) is 5.86. The number of fused-ring (bicyclic) bond motifs is 3. The van der Waals surface area contributed by atoms with Gasteiger partial charge in [-0.3, -0.25) is 4.98 Å². The summed E-state index contributed by atoms with van der Waals surface area (Å²) in [5, 5.41) is 22.6. The lowest BCUT2D eigenvalue weighted by molar-refractivity contribution is -0.137. The second kappa shape index (κ2) is 7.16. The third-order valence-electron chi connectivity index (χ3n) is 7.33. The maximum absolute atomic E-state index is 13.4. The topological polar surface area (TPSA) is 53.4 Å². The number of aliphatic hydroxyl groups excluding tert-OH is 2. The van der Waals surface area contributed by atoms with E-state index in [4.69, 9.17) is 4.98 Å². The summed E-state index contributed by atoms with van der Waals surface area (Å²) in [7, 11) is 0. The predicted octanol–water partition coefficient (Wildman–Crippen LogP) is 6.22. The van der Waals surface area contributed by atoms with E-state index in [0.717, 1.165) is 53.8 Å². The van der Waals surface area contributed by atoms with Crippen molar-refractivity contribution >= 4 is 5.57 Å². The molecule has 0 radical (unpaired) electrons. The third kappa shape index (κ3) is 3.30. The molecule has 1 unspecified atom stereocenters. The molecule has 32 heavy (non-hydrogen) atoms. The van der Waals surface area contributed by atoms with E-state index >= 15 is 0 Å². The zero-order valence-corrected chi connectivity index (χ0v) is 18.6. The minimum absolute atomic E-state index is 0.132. The van der Waals surface area contributed by atoms with Crippen LogP contribution in [0.1, 0.15) is 109 Å². The van der Waals surface area contributed by atoms with Crippen LogP contribution in [0.15, 0.2) is 24.3 Å². The fraction of sp³-hybridized carbons (Fsp3) is 0.500. The SMILES string of the molecule is CC1c2cc(C(F)(F)F)ccc2[C@H](O)c2c1nc1c(c2C2=CCCC2)[C@@H](O)CC(C)(C)C1. The molecular formula is C26H28F3NO2. The molecule has 0 spiro atoms. The summed E-state index contributed by atoms with van der Waals surface area (Å²) in [4.78, 5) is 4.93. The first-order valence-corrected chi connectivity index (χ1v) is 11.3. The van der Waals surface area contributed by atoms with Crippen LogP contribution in [0.3, 0.4) is 0 Å². The quantitative estimate of drug-likeness (QED) is 0.550. The molecule has 0 bridgehead atoms. The fourth-order valence-corrected chi connectivity index (χ4v) is 5.86. The smallest absolute Gasteiger partial charge is 0.388 e. The van der Waals surface area contributed by atoms with Crippen molar-refractivity contribution in [3.05, 3.63) is 69.0 Å². The number of nitrogens with zero attached hydrogens (tertiary/aromatic N) is 1. The van der Waals surface area contributed by atoms with E-state index in [1.807, 2.05) is 6.92 Å². The van der Waals surface area contributed by atoms with Crippen LogP contribution in [0.5, 0.6) is 0 Å². The van der Waals surface area contributed by atoms with E-state index in [1.54, 1.807) is 0 Å². The van der Waals surface area contributed by atoms with Crippen molar-refractivity contribution in [3.8, 4) is 0 Å². The van der Waals surface area contributed by atoms with Crippen molar-refractivity contribution in [2.24, 2.45) is 5.41 Å². The number of pyridine rings is 1. The van der Waals surface area contributed by atoms with Gasteiger partial charge in [0.2, 0.25) is 0 Å². The number of alkyl halides is 3. The number of allylic oxidation sites excluding steroid dienone is 2. The monoisotopic (exact) mass is 443 g/mol. The van der Waals surface area contributed by atoms with E-state index in [1.165, 1.54) is 6.07 Å². The Balaban J connectivity index is 1.77. The van der Waals surface area contributed by atoms with E-state index in [9.17, 15) is 23.4 Å². The number of hydrogen-bond donors (Lipinski definition) is 2. The number of rotatable bonds is 1. The standard InChI is InChI=1S/C26H28F3NO2/c1-13-17-10-15(26(27,28)29)8-9-16(17)24(32)22-20(14-6-4-5-7-14)21-18(30-23(13)22)11-25(2,3)12-19(21)31/h6,8-10,13,19,24,31-32H,4-5,7,11-12H2,1-3H3/t13?,19-,24-/m0/s1. The van der Waals surface area contributed by atoms with Crippen LogP contribution in [-0.4, -0.2) is 15.2 Å². The van der Waals surface area contributed by atoms with Crippen LogP contribution in [0.2, 0.25) is 0 Å². The van der Waals surface area contributed by atoms with E-state index in [-0.39, 0.29) is 11.3 Å². The van der Waals surface area contributed by atoms with Crippen molar-refractivity contribution in [1.82, 2.24) is 4.98 Å². The Kier molecular flexibility index (Phi) is 4.84. The molecule has 3 aliphatic carbocycles. The van der Waals surface area contributed by atoms with Gasteiger partial charge in [0.05, 0.1) is 17.4 Å². The van der Waals surface area contributed by atoms with Gasteiger partial charge in [-0.15, -0.1) is 0 Å². The van der Waals surface area contributed by atoms with Crippen LogP contribution >= 0.6 is 0 Å². The van der Waals surface area contributed by atoms with Crippen LogP contribution in [0.4, 0.5) is 13.2 Å². The number of hydrogen-bond acceptors (Lipinski definition) is 3. The van der Waals surface area contributed by atoms with Gasteiger partial charge in [0, 0.05) is 22.7 Å². The Morgan fingerprint density at radius 3 is 2.50 bits per heavy atom. The Hall–Kier alpha value is -2.18. The second-order valence-electron chi connectivity index (χ2n) is 10.3. The lowest BCUT2D eigenvalue weighted by Gasteiger charge is -2.39. The molecule has 0 aliphatic heterocycles. The molecule has 0 amide bonds. The van der Waals surface area contributed by atoms with Gasteiger partial charge in [0.25, 0.3) is 0 Å². The molecule has 1 heterocycles. The first-order chi connectivity index (χ1) is 15.0. The summed E-state index contributed by atoms with van der Waals surface area (Å²) in [5.74, 6) is -0.390. The van der Waals surface area contributed by atoms with Crippen LogP contribution in [0, 0.1) is 5.41 Å². The molecule has 3 atom stereocenters. The zero-order chi connectivity index (χ0) is 23.0. The average Bonchev–Trinajstić information content (AvgIpc) is 3.23. The third-order valence-corrected chi connectivity index (χ3v) is 7.33. The van der Waals surface area contributed by atoms with Gasteiger partial charge >= 0.3 is 6.18 Å². The van der Waals surface area contributed by atoms with Gasteiger partial charge in [-0.05, 0) is 71.9 Å². The maximum atomic E-state index is 13.4. The lowest BCUT2D eigenvalue weighted by Crippen LogP contribution is -2.31. The Bertz CT molecular complexity index is 1130. The zero-order valence-electron chi connectivity index (χ0n) is 18.6. The first-order valence-electron chi connectivity index (χ1n) is 11.3. The molecular weight excluding hydrogens is 415 g/mol. The molecule has 6 heteroatoms. The Morgan fingerprint density at radius 1 is 1.09 bits per heavy atom. The van der Waals surface area contributed by atoms with Crippen molar-refractivity contribution in [2.45, 2.75) is 77.2 Å². The molecule has 2 N–H and O–H groups in total. The highest BCUT2D eigenvalue weighted by atomic mass is 19.4. The van der Waals surface area contributed by atoms with Gasteiger partial charge in [-0.1, -0.05) is 32.9 Å². The summed E-state index contributed by atoms with van der Waals surface area (Å²) in [6.45, 7) is 6.05. The highest BCUT2D eigenvalue weighted by Crippen LogP contribution is 2.52. The number of aromatic nitrogens is 1. The lowest BCUT2D eigenvalue weighted by atomic mass is 9.69. The van der Waals surface area contributed by atoms with Gasteiger partial charge in [0.1, 0.15) is 6.10 Å². The molecule has 0 saturated carbocycles. The Morgan fingerprint density at radius 2 is 1.84 bits per heavy atom. The number of halogens is 3. The van der Waals surface area contributed by atoms with Gasteiger partial charge in [-0.2, -0.15) is 13.2 Å². The van der Waals surface area contributed by atoms with Crippen molar-refractivity contribution in [3.63, 3.8) is 0 Å². The van der Waals surface area contributed by atoms with Crippen LogP contribution in [0.25, 0.3) is 5.57 Å². The maximum Gasteiger partial charge on any atom is 0.416 e. The molecule has 0 saturated heterocycles. The number of benzene rings is 1. The van der Waals surface area contributed by atoms with E-state index in [2.05, 4.69) is 19.9 Å². The van der Waals surface area contributed by atoms with Crippen LogP contribution in [-0.2, 0) is 12.6 Å². The molecule has 3 nitrogen and oxygen atoms in total. The van der Waals surface area contributed by atoms with Gasteiger partial charge < -0.3 is 10.2 Å². The second-order valence-corrected chi connectivity index (χ2v) is 10.3. The predicted molar refractivity (Wildman–Crippen MR) is 116 cm³/mol. The van der Waals surface area contributed by atoms with Crippen LogP contribution < -0.4 is 0 Å². The largest absolute Gasteiger partial charge is 0.416 e. The average molecular weight is 444 g/mol. The summed E-state index contributed by atoms with van der Waals surface area (Å²) < 4.78 is 40.2. The molecule has 1 aromatic carbocycles. The highest BCUT2D eigenvalue weighted by molar-refractivity contribution is 5.76. The summed E-state index contributed by atoms with van der Waals surface area (Å²) >= 11 is 0. The Labute approximate surface area is 186 Å².